The highest BCUT2D eigenvalue weighted by atomic mass is 35.5. The Kier molecular flexibility index (Phi) is 5.79. The Morgan fingerprint density at radius 3 is 2.09 bits per heavy atom. The summed E-state index contributed by atoms with van der Waals surface area (Å²) in [6.07, 6.45) is 1.31. The Bertz CT molecular complexity index is 1290. The number of fused-ring (bicyclic) bond motifs is 3. The monoisotopic (exact) mass is 481 g/mol. The summed E-state index contributed by atoms with van der Waals surface area (Å²) in [6, 6.07) is 11.4. The van der Waals surface area contributed by atoms with Gasteiger partial charge >= 0.3 is 17.9 Å². The third-order valence-electron chi connectivity index (χ3n) is 5.87. The highest BCUT2D eigenvalue weighted by molar-refractivity contribution is 6.35. The average molecular weight is 482 g/mol. The summed E-state index contributed by atoms with van der Waals surface area (Å²) in [5, 5.41) is 0.446. The minimum Gasteiger partial charge on any atom is -0.468 e. The number of nitrogens with zero attached hydrogens (tertiary/aromatic N) is 1. The van der Waals surface area contributed by atoms with E-state index in [0.29, 0.717) is 10.6 Å². The van der Waals surface area contributed by atoms with E-state index >= 15 is 0 Å². The Morgan fingerprint density at radius 2 is 1.53 bits per heavy atom. The van der Waals surface area contributed by atoms with Crippen LogP contribution >= 0.6 is 11.6 Å². The second-order valence-electron chi connectivity index (χ2n) is 7.73. The molecule has 9 heteroatoms. The predicted octanol–water partition coefficient (Wildman–Crippen LogP) is 3.10. The lowest BCUT2D eigenvalue weighted by molar-refractivity contribution is -0.159. The summed E-state index contributed by atoms with van der Waals surface area (Å²) < 4.78 is 15.0. The fourth-order valence-electron chi connectivity index (χ4n) is 4.33. The first-order chi connectivity index (χ1) is 16.2. The minimum atomic E-state index is -2.01. The van der Waals surface area contributed by atoms with Crippen LogP contribution in [0.1, 0.15) is 16.7 Å². The van der Waals surface area contributed by atoms with Gasteiger partial charge in [-0.2, -0.15) is 0 Å². The average Bonchev–Trinajstić information content (AvgIpc) is 3.14. The number of anilines is 1. The van der Waals surface area contributed by atoms with Gasteiger partial charge in [0.15, 0.2) is 0 Å². The zero-order valence-electron chi connectivity index (χ0n) is 18.8. The first-order valence-electron chi connectivity index (χ1n) is 10.2. The van der Waals surface area contributed by atoms with E-state index in [2.05, 4.69) is 0 Å². The van der Waals surface area contributed by atoms with Gasteiger partial charge in [-0.3, -0.25) is 19.3 Å². The molecule has 0 N–H and O–H groups in total. The van der Waals surface area contributed by atoms with Gasteiger partial charge in [-0.15, -0.1) is 0 Å². The van der Waals surface area contributed by atoms with Gasteiger partial charge in [-0.25, -0.2) is 4.79 Å². The predicted molar refractivity (Wildman–Crippen MR) is 123 cm³/mol. The Balaban J connectivity index is 2.14. The topological polar surface area (TPSA) is 99.2 Å². The lowest BCUT2D eigenvalue weighted by atomic mass is 9.75. The molecule has 0 aliphatic carbocycles. The number of hydrogen-bond donors (Lipinski definition) is 0. The van der Waals surface area contributed by atoms with Crippen molar-refractivity contribution in [2.45, 2.75) is 12.3 Å². The molecule has 0 radical (unpaired) electrons. The number of carbonyl (C=O) groups is 4. The van der Waals surface area contributed by atoms with E-state index < -0.39 is 29.2 Å². The zero-order valence-corrected chi connectivity index (χ0v) is 19.6. The molecule has 8 nitrogen and oxygen atoms in total. The number of esters is 3. The Labute approximate surface area is 200 Å². The van der Waals surface area contributed by atoms with Crippen LogP contribution in [-0.2, 0) is 38.8 Å². The van der Waals surface area contributed by atoms with Crippen LogP contribution in [0.2, 0.25) is 5.02 Å². The second-order valence-corrected chi connectivity index (χ2v) is 8.17. The van der Waals surface area contributed by atoms with E-state index in [9.17, 15) is 19.2 Å². The third-order valence-corrected chi connectivity index (χ3v) is 6.12. The SMILES string of the molecule is COC(=O)C1=C(c2ccc(Cl)cc2)C2=CC(C(=O)OC)(C(=O)OC)c3cc(C)ccc3N2C1=O. The van der Waals surface area contributed by atoms with Crippen LogP contribution in [0.4, 0.5) is 5.69 Å². The van der Waals surface area contributed by atoms with Crippen molar-refractivity contribution >= 4 is 46.7 Å². The van der Waals surface area contributed by atoms with Crippen molar-refractivity contribution in [1.82, 2.24) is 0 Å². The number of ether oxygens (including phenoxy) is 3. The third kappa shape index (κ3) is 3.21. The van der Waals surface area contributed by atoms with E-state index in [1.165, 1.54) is 11.0 Å². The van der Waals surface area contributed by atoms with Crippen molar-refractivity contribution in [2.24, 2.45) is 0 Å². The fraction of sp³-hybridized carbons (Fsp3) is 0.200. The zero-order chi connectivity index (χ0) is 24.8. The molecular weight excluding hydrogens is 462 g/mol. The molecule has 0 aromatic heterocycles. The van der Waals surface area contributed by atoms with Crippen molar-refractivity contribution in [3.63, 3.8) is 0 Å². The number of halogens is 1. The van der Waals surface area contributed by atoms with E-state index in [-0.39, 0.29) is 28.1 Å². The number of benzene rings is 2. The maximum atomic E-state index is 13.6. The molecule has 0 unspecified atom stereocenters. The molecule has 0 saturated heterocycles. The molecule has 2 aromatic carbocycles. The number of aryl methyl sites for hydroxylation is 1. The van der Waals surface area contributed by atoms with Crippen molar-refractivity contribution in [1.29, 1.82) is 0 Å². The van der Waals surface area contributed by atoms with Crippen LogP contribution in [-0.4, -0.2) is 45.1 Å². The van der Waals surface area contributed by atoms with Crippen LogP contribution in [0, 0.1) is 6.92 Å². The summed E-state index contributed by atoms with van der Waals surface area (Å²) >= 11 is 6.04. The maximum absolute atomic E-state index is 13.6. The maximum Gasteiger partial charge on any atom is 0.344 e. The molecule has 4 rings (SSSR count). The number of carbonyl (C=O) groups excluding carboxylic acids is 4. The van der Waals surface area contributed by atoms with Gasteiger partial charge < -0.3 is 14.2 Å². The summed E-state index contributed by atoms with van der Waals surface area (Å²) in [7, 11) is 3.48. The summed E-state index contributed by atoms with van der Waals surface area (Å²) in [4.78, 5) is 54.0. The molecule has 0 atom stereocenters. The van der Waals surface area contributed by atoms with E-state index in [1.807, 2.05) is 0 Å². The van der Waals surface area contributed by atoms with Crippen LogP contribution in [0.3, 0.4) is 0 Å². The molecule has 2 heterocycles. The molecule has 34 heavy (non-hydrogen) atoms. The fourth-order valence-corrected chi connectivity index (χ4v) is 4.46. The normalized spacial score (nSPS) is 15.9. The van der Waals surface area contributed by atoms with Crippen molar-refractivity contribution < 1.29 is 33.4 Å². The Morgan fingerprint density at radius 1 is 0.912 bits per heavy atom. The summed E-state index contributed by atoms with van der Waals surface area (Å²) in [5.41, 5.74) is -0.270. The van der Waals surface area contributed by atoms with E-state index in [0.717, 1.165) is 26.9 Å². The molecule has 2 aromatic rings. The van der Waals surface area contributed by atoms with E-state index in [1.54, 1.807) is 49.4 Å². The molecule has 0 bridgehead atoms. The number of hydrogen-bond acceptors (Lipinski definition) is 7. The van der Waals surface area contributed by atoms with Crippen molar-refractivity contribution in [2.75, 3.05) is 26.2 Å². The largest absolute Gasteiger partial charge is 0.468 e. The van der Waals surface area contributed by atoms with Crippen LogP contribution in [0.15, 0.2) is 59.8 Å². The molecular formula is C25H20ClNO7. The van der Waals surface area contributed by atoms with Gasteiger partial charge in [0.2, 0.25) is 5.41 Å². The lowest BCUT2D eigenvalue weighted by Crippen LogP contribution is -2.48. The number of allylic oxidation sites excluding steroid dienone is 1. The summed E-state index contributed by atoms with van der Waals surface area (Å²) in [5.74, 6) is -3.31. The molecule has 1 amide bonds. The highest BCUT2D eigenvalue weighted by Gasteiger charge is 2.56. The molecule has 0 saturated carbocycles. The second kappa shape index (κ2) is 8.46. The van der Waals surface area contributed by atoms with Gasteiger partial charge in [0.1, 0.15) is 5.57 Å². The van der Waals surface area contributed by atoms with Crippen LogP contribution < -0.4 is 4.90 Å². The number of methoxy groups -OCH3 is 3. The first kappa shape index (κ1) is 23.3. The van der Waals surface area contributed by atoms with Crippen LogP contribution in [0.5, 0.6) is 0 Å². The van der Waals surface area contributed by atoms with Gasteiger partial charge in [0.05, 0.1) is 32.7 Å². The minimum absolute atomic E-state index is 0.153. The van der Waals surface area contributed by atoms with E-state index in [4.69, 9.17) is 25.8 Å². The van der Waals surface area contributed by atoms with Gasteiger partial charge in [-0.1, -0.05) is 41.4 Å². The Hall–Kier alpha value is -3.91. The first-order valence-corrected chi connectivity index (χ1v) is 10.5. The lowest BCUT2D eigenvalue weighted by Gasteiger charge is -2.36. The number of rotatable bonds is 4. The molecule has 0 fully saturated rings. The van der Waals surface area contributed by atoms with Gasteiger partial charge in [0, 0.05) is 16.2 Å². The van der Waals surface area contributed by atoms with Gasteiger partial charge in [-0.05, 0) is 36.8 Å². The van der Waals surface area contributed by atoms with Crippen molar-refractivity contribution in [3.05, 3.63) is 81.5 Å². The van der Waals surface area contributed by atoms with Crippen LogP contribution in [0.25, 0.3) is 5.57 Å². The summed E-state index contributed by atoms with van der Waals surface area (Å²) in [6.45, 7) is 1.78. The molecule has 174 valence electrons. The van der Waals surface area contributed by atoms with Gasteiger partial charge in [0.25, 0.3) is 5.91 Å². The van der Waals surface area contributed by atoms with Crippen molar-refractivity contribution in [3.8, 4) is 0 Å². The molecule has 2 aliphatic heterocycles. The molecule has 2 aliphatic rings. The highest BCUT2D eigenvalue weighted by Crippen LogP contribution is 2.50. The molecule has 0 spiro atoms. The standard InChI is InChI=1S/C25H20ClNO7/c1-13-5-10-17-16(11-13)25(23(30)33-3,24(31)34-4)12-18-19(14-6-8-15(26)9-7-14)20(22(29)32-2)21(28)27(17)18/h5-12H,1-4H3. The smallest absolute Gasteiger partial charge is 0.344 e. The quantitative estimate of drug-likeness (QED) is 0.286. The number of amides is 1.